The molecule has 0 bridgehead atoms. The van der Waals surface area contributed by atoms with Crippen LogP contribution in [0.1, 0.15) is 160 Å². The van der Waals surface area contributed by atoms with Crippen LogP contribution in [-0.4, -0.2) is 94.8 Å². The van der Waals surface area contributed by atoms with Crippen molar-refractivity contribution in [1.29, 1.82) is 0 Å². The van der Waals surface area contributed by atoms with Crippen LogP contribution in [0.2, 0.25) is 0 Å². The Labute approximate surface area is 471 Å². The average Bonchev–Trinajstić information content (AvgIpc) is 4.00. The number of phosphoric ester groups is 1. The van der Waals surface area contributed by atoms with Crippen molar-refractivity contribution in [1.82, 2.24) is 0 Å². The first-order valence-electron chi connectivity index (χ1n) is 27.9. The summed E-state index contributed by atoms with van der Waals surface area (Å²) in [5.41, 5.74) is 4.65. The summed E-state index contributed by atoms with van der Waals surface area (Å²) >= 11 is 2.84. The van der Waals surface area contributed by atoms with Crippen molar-refractivity contribution in [2.75, 3.05) is 60.7 Å². The van der Waals surface area contributed by atoms with Gasteiger partial charge in [0.2, 0.25) is 11.6 Å². The molecule has 2 atom stereocenters. The number of hydrogen-bond donors (Lipinski definition) is 0. The Morgan fingerprint density at radius 3 is 1.51 bits per heavy atom. The highest BCUT2D eigenvalue weighted by Gasteiger charge is 2.30. The number of ether oxygens (including phenoxy) is 4. The van der Waals surface area contributed by atoms with E-state index in [1.165, 1.54) is 74.9 Å². The number of allylic oxidation sites excluding steroid dienone is 2. The van der Waals surface area contributed by atoms with Crippen molar-refractivity contribution < 1.29 is 61.1 Å². The Bertz CT molecular complexity index is 2700. The summed E-state index contributed by atoms with van der Waals surface area (Å²) in [6.07, 6.45) is 18.4. The Hall–Kier alpha value is -4.99. The third kappa shape index (κ3) is 21.2. The molecule has 4 aromatic rings. The zero-order valence-electron chi connectivity index (χ0n) is 46.4. The van der Waals surface area contributed by atoms with Gasteiger partial charge in [0.05, 0.1) is 50.8 Å². The molecule has 0 N–H and O–H groups in total. The number of benzene rings is 4. The molecule has 0 aliphatic carbocycles. The van der Waals surface area contributed by atoms with Gasteiger partial charge in [-0.15, -0.1) is 0 Å². The van der Waals surface area contributed by atoms with Gasteiger partial charge in [0.1, 0.15) is 31.3 Å². The van der Waals surface area contributed by atoms with E-state index in [2.05, 4.69) is 13.8 Å². The van der Waals surface area contributed by atoms with Gasteiger partial charge in [-0.05, 0) is 109 Å². The largest absolute Gasteiger partial charge is 0.756 e. The van der Waals surface area contributed by atoms with Crippen LogP contribution in [0.5, 0.6) is 11.5 Å². The molecule has 13 nitrogen and oxygen atoms in total. The molecule has 0 spiro atoms. The summed E-state index contributed by atoms with van der Waals surface area (Å²) in [7, 11) is 0.863. The molecule has 2 unspecified atom stereocenters. The Balaban J connectivity index is 0.978. The lowest BCUT2D eigenvalue weighted by Crippen LogP contribution is -2.37. The van der Waals surface area contributed by atoms with E-state index in [1.54, 1.807) is 0 Å². The van der Waals surface area contributed by atoms with Crippen molar-refractivity contribution in [3.8, 4) is 11.5 Å². The molecule has 78 heavy (non-hydrogen) atoms. The SMILES string of the molecule is CCCCCCCCOc1ccc(/C=C2\Sc3cccc(CCCC(=O)OCC(COP(=O)([O-])OCC[N+](C)(C)C)OC(=O)CCCc4cccc5c4C(=O)/C(=C/c4ccc(OCCCCCCCC)cc4)S5)c3C2=O)cc1. The molecular formula is C62H80NO12PS2. The quantitative estimate of drug-likeness (QED) is 0.0139. The Kier molecular flexibility index (Phi) is 25.8. The normalized spacial score (nSPS) is 15.3. The van der Waals surface area contributed by atoms with E-state index in [0.717, 1.165) is 69.2 Å². The van der Waals surface area contributed by atoms with Crippen molar-refractivity contribution in [3.05, 3.63) is 128 Å². The van der Waals surface area contributed by atoms with E-state index in [-0.39, 0.29) is 31.0 Å². The maximum atomic E-state index is 13.8. The number of quaternary nitrogens is 1. The minimum atomic E-state index is -4.81. The Morgan fingerprint density at radius 1 is 0.577 bits per heavy atom. The summed E-state index contributed by atoms with van der Waals surface area (Å²) in [5.74, 6) is 0.212. The predicted molar refractivity (Wildman–Crippen MR) is 309 cm³/mol. The van der Waals surface area contributed by atoms with E-state index in [9.17, 15) is 28.6 Å². The van der Waals surface area contributed by atoms with E-state index in [1.807, 2.05) is 118 Å². The monoisotopic (exact) mass is 1130 g/mol. The van der Waals surface area contributed by atoms with Crippen molar-refractivity contribution in [2.24, 2.45) is 0 Å². The topological polar surface area (TPSA) is 164 Å². The molecule has 2 aliphatic rings. The molecule has 2 heterocycles. The maximum Gasteiger partial charge on any atom is 0.306 e. The first-order chi connectivity index (χ1) is 37.6. The van der Waals surface area contributed by atoms with Crippen LogP contribution in [0, 0.1) is 0 Å². The molecule has 0 aromatic heterocycles. The summed E-state index contributed by atoms with van der Waals surface area (Å²) < 4.78 is 46.5. The van der Waals surface area contributed by atoms with Crippen LogP contribution in [0.4, 0.5) is 0 Å². The highest BCUT2D eigenvalue weighted by Crippen LogP contribution is 2.44. The Morgan fingerprint density at radius 2 is 1.04 bits per heavy atom. The van der Waals surface area contributed by atoms with Crippen LogP contribution >= 0.6 is 31.3 Å². The molecule has 0 radical (unpaired) electrons. The van der Waals surface area contributed by atoms with Crippen molar-refractivity contribution in [3.63, 3.8) is 0 Å². The summed E-state index contributed by atoms with van der Waals surface area (Å²) in [6, 6.07) is 26.9. The number of carbonyl (C=O) groups is 4. The minimum Gasteiger partial charge on any atom is -0.756 e. The number of phosphoric acid groups is 1. The average molecular weight is 1130 g/mol. The number of aryl methyl sites for hydroxylation is 2. The standard InChI is InChI=1S/C62H80NO12PS2/c1-6-8-10-12-14-16-39-70-50-34-30-46(31-35-50)42-55-61(66)59-48(22-18-26-53(59)77-55)24-20-28-57(64)72-44-52(45-74-76(68,69)73-41-38-63(3,4)5)75-58(65)29-21-25-49-23-19-27-54-60(49)62(67)56(78-54)43-47-32-36-51(37-33-47)71-40-17-15-13-11-9-7-2/h18-19,22-23,26-27,30-37,42-43,52H,6-17,20-21,24-25,28-29,38-41,44-45H2,1-5H3/b55-42-,56-43-. The summed E-state index contributed by atoms with van der Waals surface area (Å²) in [5, 5.41) is 0. The van der Waals surface area contributed by atoms with Gasteiger partial charge < -0.3 is 37.4 Å². The first kappa shape index (κ1) is 62.2. The van der Waals surface area contributed by atoms with Crippen LogP contribution in [0.3, 0.4) is 0 Å². The van der Waals surface area contributed by atoms with Gasteiger partial charge in [-0.3, -0.25) is 23.7 Å². The van der Waals surface area contributed by atoms with Gasteiger partial charge in [-0.25, -0.2) is 0 Å². The van der Waals surface area contributed by atoms with Gasteiger partial charge >= 0.3 is 11.9 Å². The van der Waals surface area contributed by atoms with Crippen LogP contribution in [0.25, 0.3) is 12.2 Å². The fraction of sp³-hybridized carbons (Fsp3) is 0.484. The van der Waals surface area contributed by atoms with Crippen LogP contribution in [0.15, 0.2) is 105 Å². The summed E-state index contributed by atoms with van der Waals surface area (Å²) in [4.78, 5) is 69.7. The number of esters is 2. The van der Waals surface area contributed by atoms with Crippen molar-refractivity contribution in [2.45, 2.75) is 145 Å². The lowest BCUT2D eigenvalue weighted by molar-refractivity contribution is -0.870. The number of Topliss-reactive ketones (excluding diaryl/α,β-unsaturated/α-hetero) is 2. The third-order valence-electron chi connectivity index (χ3n) is 13.3. The molecule has 422 valence electrons. The second-order valence-corrected chi connectivity index (χ2v) is 24.5. The smallest absolute Gasteiger partial charge is 0.306 e. The van der Waals surface area contributed by atoms with Gasteiger partial charge in [0, 0.05) is 33.8 Å². The number of rotatable bonds is 36. The van der Waals surface area contributed by atoms with E-state index < -0.39 is 39.1 Å². The number of unbranched alkanes of at least 4 members (excludes halogenated alkanes) is 10. The van der Waals surface area contributed by atoms with Gasteiger partial charge in [-0.1, -0.05) is 150 Å². The molecule has 2 aliphatic heterocycles. The van der Waals surface area contributed by atoms with Gasteiger partial charge in [-0.2, -0.15) is 0 Å². The zero-order valence-corrected chi connectivity index (χ0v) is 48.9. The van der Waals surface area contributed by atoms with Crippen molar-refractivity contribution >= 4 is 67.0 Å². The third-order valence-corrected chi connectivity index (χ3v) is 16.4. The number of hydrogen-bond acceptors (Lipinski definition) is 14. The fourth-order valence-corrected chi connectivity index (χ4v) is 11.8. The lowest BCUT2D eigenvalue weighted by Gasteiger charge is -2.28. The van der Waals surface area contributed by atoms with Gasteiger partial charge in [0.15, 0.2) is 6.10 Å². The second-order valence-electron chi connectivity index (χ2n) is 20.9. The highest BCUT2D eigenvalue weighted by molar-refractivity contribution is 8.05. The molecule has 0 fully saturated rings. The number of carbonyl (C=O) groups excluding carboxylic acids is 4. The molecule has 0 saturated carbocycles. The number of nitrogens with zero attached hydrogens (tertiary/aromatic N) is 1. The zero-order chi connectivity index (χ0) is 55.8. The number of ketones is 2. The first-order valence-corrected chi connectivity index (χ1v) is 31.0. The molecule has 16 heteroatoms. The highest BCUT2D eigenvalue weighted by atomic mass is 32.2. The molecular weight excluding hydrogens is 1050 g/mol. The van der Waals surface area contributed by atoms with Gasteiger partial charge in [0.25, 0.3) is 7.82 Å². The maximum absolute atomic E-state index is 13.8. The van der Waals surface area contributed by atoms with Crippen LogP contribution < -0.4 is 14.4 Å². The second kappa shape index (κ2) is 32.3. The van der Waals surface area contributed by atoms with E-state index in [0.29, 0.717) is 70.9 Å². The van der Waals surface area contributed by atoms with E-state index in [4.69, 9.17) is 28.0 Å². The molecule has 6 rings (SSSR count). The summed E-state index contributed by atoms with van der Waals surface area (Å²) in [6.45, 7) is 4.97. The minimum absolute atomic E-state index is 0.00733. The number of thioether (sulfide) groups is 2. The predicted octanol–water partition coefficient (Wildman–Crippen LogP) is 13.8. The molecule has 4 aromatic carbocycles. The molecule has 0 saturated heterocycles. The van der Waals surface area contributed by atoms with Crippen LogP contribution in [-0.2, 0) is 45.5 Å². The number of fused-ring (bicyclic) bond motifs is 2. The molecule has 0 amide bonds. The fourth-order valence-electron chi connectivity index (χ4n) is 8.89. The number of likely N-dealkylation sites (N-methyl/N-ethyl adjacent to an activating group) is 1. The lowest BCUT2D eigenvalue weighted by atomic mass is 9.98. The van der Waals surface area contributed by atoms with E-state index >= 15 is 0 Å².